The maximum Gasteiger partial charge on any atom is 0.341 e. The van der Waals surface area contributed by atoms with Gasteiger partial charge in [-0.05, 0) is 13.8 Å². The molecule has 19 heavy (non-hydrogen) atoms. The smallest absolute Gasteiger partial charge is 0.341 e. The predicted molar refractivity (Wildman–Crippen MR) is 64.9 cm³/mol. The number of carbonyl (C=O) groups is 2. The Kier molecular flexibility index (Phi) is 3.09. The topological polar surface area (TPSA) is 93.1 Å². The highest BCUT2D eigenvalue weighted by Gasteiger charge is 2.34. The highest BCUT2D eigenvalue weighted by atomic mass is 16.5. The second-order valence-corrected chi connectivity index (χ2v) is 4.96. The van der Waals surface area contributed by atoms with Crippen molar-refractivity contribution in [3.05, 3.63) is 17.7 Å². The molecule has 0 amide bonds. The lowest BCUT2D eigenvalue weighted by Crippen LogP contribution is -2.35. The van der Waals surface area contributed by atoms with E-state index in [0.29, 0.717) is 0 Å². The van der Waals surface area contributed by atoms with Crippen LogP contribution in [0.15, 0.2) is 12.1 Å². The van der Waals surface area contributed by atoms with Crippen molar-refractivity contribution in [3.8, 4) is 17.2 Å². The number of hydrogen-bond donors (Lipinski definition) is 2. The van der Waals surface area contributed by atoms with Gasteiger partial charge in [0.1, 0.15) is 28.4 Å². The van der Waals surface area contributed by atoms with E-state index in [1.807, 2.05) is 0 Å². The molecule has 0 saturated heterocycles. The summed E-state index contributed by atoms with van der Waals surface area (Å²) in [6.07, 6.45) is 0.170. The maximum absolute atomic E-state index is 11.9. The fraction of sp³-hybridized carbons (Fsp3) is 0.385. The number of aliphatic carboxylic acids is 1. The number of carboxylic acid groups (broad SMARTS) is 1. The standard InChI is InChI=1S/C13H14O6/c1-13(2)5-9(15)12-8(14)3-7(4-10(12)19-13)18-6-11(16)17/h3-4,14H,5-6H2,1-2H3,(H,16,17). The van der Waals surface area contributed by atoms with E-state index in [-0.39, 0.29) is 35.0 Å². The van der Waals surface area contributed by atoms with E-state index in [2.05, 4.69) is 0 Å². The quantitative estimate of drug-likeness (QED) is 0.863. The third-order valence-electron chi connectivity index (χ3n) is 2.67. The summed E-state index contributed by atoms with van der Waals surface area (Å²) in [5, 5.41) is 18.3. The summed E-state index contributed by atoms with van der Waals surface area (Å²) in [5.41, 5.74) is -0.552. The molecule has 102 valence electrons. The SMILES string of the molecule is CC1(C)CC(=O)c2c(O)cc(OCC(=O)O)cc2O1. The zero-order valence-electron chi connectivity index (χ0n) is 10.6. The summed E-state index contributed by atoms with van der Waals surface area (Å²) in [4.78, 5) is 22.4. The Morgan fingerprint density at radius 1 is 1.47 bits per heavy atom. The lowest BCUT2D eigenvalue weighted by molar-refractivity contribution is -0.139. The minimum absolute atomic E-state index is 0.113. The second-order valence-electron chi connectivity index (χ2n) is 4.96. The maximum atomic E-state index is 11.9. The Labute approximate surface area is 109 Å². The minimum Gasteiger partial charge on any atom is -0.507 e. The fourth-order valence-electron chi connectivity index (χ4n) is 1.97. The Morgan fingerprint density at radius 3 is 2.79 bits per heavy atom. The van der Waals surface area contributed by atoms with Crippen LogP contribution in [0, 0.1) is 0 Å². The van der Waals surface area contributed by atoms with Gasteiger partial charge in [0.15, 0.2) is 12.4 Å². The Hall–Kier alpha value is -2.24. The molecule has 1 aliphatic rings. The van der Waals surface area contributed by atoms with Crippen molar-refractivity contribution in [2.45, 2.75) is 25.9 Å². The molecular weight excluding hydrogens is 252 g/mol. The Morgan fingerprint density at radius 2 is 2.16 bits per heavy atom. The number of rotatable bonds is 3. The van der Waals surface area contributed by atoms with Gasteiger partial charge in [-0.25, -0.2) is 4.79 Å². The number of ether oxygens (including phenoxy) is 2. The van der Waals surface area contributed by atoms with Crippen LogP contribution < -0.4 is 9.47 Å². The van der Waals surface area contributed by atoms with Gasteiger partial charge in [-0.3, -0.25) is 4.79 Å². The molecule has 1 aromatic carbocycles. The second kappa shape index (κ2) is 4.46. The first kappa shape index (κ1) is 13.2. The molecule has 0 aliphatic carbocycles. The summed E-state index contributed by atoms with van der Waals surface area (Å²) >= 11 is 0. The van der Waals surface area contributed by atoms with Crippen molar-refractivity contribution in [2.75, 3.05) is 6.61 Å². The molecule has 1 aliphatic heterocycles. The van der Waals surface area contributed by atoms with Crippen molar-refractivity contribution in [2.24, 2.45) is 0 Å². The van der Waals surface area contributed by atoms with Crippen LogP contribution in [-0.4, -0.2) is 34.2 Å². The number of aromatic hydroxyl groups is 1. The zero-order valence-corrected chi connectivity index (χ0v) is 10.6. The van der Waals surface area contributed by atoms with Gasteiger partial charge in [0.2, 0.25) is 0 Å². The number of carbonyl (C=O) groups excluding carboxylic acids is 1. The van der Waals surface area contributed by atoms with Crippen LogP contribution in [0.4, 0.5) is 0 Å². The highest BCUT2D eigenvalue weighted by Crippen LogP contribution is 2.40. The monoisotopic (exact) mass is 266 g/mol. The first-order valence-corrected chi connectivity index (χ1v) is 5.72. The van der Waals surface area contributed by atoms with E-state index in [1.165, 1.54) is 12.1 Å². The van der Waals surface area contributed by atoms with E-state index < -0.39 is 18.2 Å². The van der Waals surface area contributed by atoms with Crippen molar-refractivity contribution >= 4 is 11.8 Å². The summed E-state index contributed by atoms with van der Waals surface area (Å²) in [7, 11) is 0. The Balaban J connectivity index is 2.37. The van der Waals surface area contributed by atoms with Gasteiger partial charge < -0.3 is 19.7 Å². The average molecular weight is 266 g/mol. The summed E-state index contributed by atoms with van der Waals surface area (Å²) < 4.78 is 10.6. The predicted octanol–water partition coefficient (Wildman–Crippen LogP) is 1.60. The molecule has 2 N–H and O–H groups in total. The van der Waals surface area contributed by atoms with E-state index in [0.717, 1.165) is 0 Å². The molecule has 0 saturated carbocycles. The molecule has 0 aromatic heterocycles. The lowest BCUT2D eigenvalue weighted by atomic mass is 9.92. The van der Waals surface area contributed by atoms with Gasteiger partial charge in [-0.15, -0.1) is 0 Å². The van der Waals surface area contributed by atoms with E-state index in [9.17, 15) is 14.7 Å². The molecule has 6 nitrogen and oxygen atoms in total. The molecular formula is C13H14O6. The molecule has 1 aromatic rings. The van der Waals surface area contributed by atoms with Gasteiger partial charge >= 0.3 is 5.97 Å². The van der Waals surface area contributed by atoms with E-state index in [4.69, 9.17) is 14.6 Å². The van der Waals surface area contributed by atoms with Crippen LogP contribution in [0.3, 0.4) is 0 Å². The number of ketones is 1. The van der Waals surface area contributed by atoms with Crippen molar-refractivity contribution < 1.29 is 29.3 Å². The third kappa shape index (κ3) is 2.78. The minimum atomic E-state index is -1.13. The number of fused-ring (bicyclic) bond motifs is 1. The molecule has 0 bridgehead atoms. The number of phenols is 1. The van der Waals surface area contributed by atoms with Gasteiger partial charge in [0.25, 0.3) is 0 Å². The lowest BCUT2D eigenvalue weighted by Gasteiger charge is -2.32. The number of Topliss-reactive ketones (excluding diaryl/α,β-unsaturated/α-hetero) is 1. The fourth-order valence-corrected chi connectivity index (χ4v) is 1.97. The molecule has 0 radical (unpaired) electrons. The van der Waals surface area contributed by atoms with Crippen LogP contribution >= 0.6 is 0 Å². The van der Waals surface area contributed by atoms with E-state index >= 15 is 0 Å². The molecule has 1 heterocycles. The van der Waals surface area contributed by atoms with Crippen molar-refractivity contribution in [1.82, 2.24) is 0 Å². The molecule has 0 unspecified atom stereocenters. The molecule has 2 rings (SSSR count). The average Bonchev–Trinajstić information content (AvgIpc) is 2.23. The van der Waals surface area contributed by atoms with Gasteiger partial charge in [0.05, 0.1) is 6.42 Å². The van der Waals surface area contributed by atoms with Crippen LogP contribution in [-0.2, 0) is 4.79 Å². The largest absolute Gasteiger partial charge is 0.507 e. The number of benzene rings is 1. The van der Waals surface area contributed by atoms with Crippen molar-refractivity contribution in [3.63, 3.8) is 0 Å². The zero-order chi connectivity index (χ0) is 14.2. The normalized spacial score (nSPS) is 16.4. The third-order valence-corrected chi connectivity index (χ3v) is 2.67. The van der Waals surface area contributed by atoms with Crippen molar-refractivity contribution in [1.29, 1.82) is 0 Å². The summed E-state index contributed by atoms with van der Waals surface area (Å²) in [5.74, 6) is -1.26. The molecule has 0 fully saturated rings. The van der Waals surface area contributed by atoms with Crippen LogP contribution in [0.2, 0.25) is 0 Å². The number of hydrogen-bond acceptors (Lipinski definition) is 5. The molecule has 0 atom stereocenters. The first-order chi connectivity index (χ1) is 8.78. The van der Waals surface area contributed by atoms with Crippen LogP contribution in [0.1, 0.15) is 30.6 Å². The van der Waals surface area contributed by atoms with E-state index in [1.54, 1.807) is 13.8 Å². The molecule has 0 spiro atoms. The molecule has 6 heteroatoms. The number of carboxylic acids is 1. The highest BCUT2D eigenvalue weighted by molar-refractivity contribution is 6.03. The van der Waals surface area contributed by atoms with Gasteiger partial charge in [0, 0.05) is 12.1 Å². The first-order valence-electron chi connectivity index (χ1n) is 5.72. The number of phenolic OH excluding ortho intramolecular Hbond substituents is 1. The van der Waals surface area contributed by atoms with Gasteiger partial charge in [-0.1, -0.05) is 0 Å². The summed E-state index contributed by atoms with van der Waals surface area (Å²) in [6, 6.07) is 2.62. The van der Waals surface area contributed by atoms with Crippen LogP contribution in [0.5, 0.6) is 17.2 Å². The Bertz CT molecular complexity index is 546. The van der Waals surface area contributed by atoms with Gasteiger partial charge in [-0.2, -0.15) is 0 Å². The summed E-state index contributed by atoms with van der Waals surface area (Å²) in [6.45, 7) is 2.99. The van der Waals surface area contributed by atoms with Crippen LogP contribution in [0.25, 0.3) is 0 Å².